The quantitative estimate of drug-likeness (QED) is 0.0325. The van der Waals surface area contributed by atoms with Crippen LogP contribution in [0.25, 0.3) is 0 Å². The molecule has 1 amide bonds. The van der Waals surface area contributed by atoms with Gasteiger partial charge in [-0.1, -0.05) is 191 Å². The first kappa shape index (κ1) is 53.8. The van der Waals surface area contributed by atoms with Gasteiger partial charge in [-0.05, 0) is 77.0 Å². The molecule has 0 rings (SSSR count). The van der Waals surface area contributed by atoms with Gasteiger partial charge in [0.05, 0.1) is 25.2 Å². The Morgan fingerprint density at radius 2 is 0.982 bits per heavy atom. The van der Waals surface area contributed by atoms with Crippen LogP contribution in [0.4, 0.5) is 0 Å². The minimum atomic E-state index is -0.791. The van der Waals surface area contributed by atoms with E-state index in [0.29, 0.717) is 19.3 Å². The Kier molecular flexibility index (Phi) is 42.2. The number of ether oxygens (including phenoxy) is 1. The Balaban J connectivity index is 4.52. The standard InChI is InChI=1S/C50H91NO5/c1-4-7-10-13-16-19-21-23-24-25-26-28-31-34-37-40-43-50(55)56-46(41-38-35-32-29-18-15-12-9-6-3)44-49(54)51-47(45-52)48(53)42-39-36-33-30-27-22-20-17-14-11-8-5-2/h7,10,15-16,18-19,23-24,46-48,52-53H,4-6,8-9,11-14,17,20-22,25-45H2,1-3H3,(H,51,54)/b10-7+,18-15-,19-16+,24-23+. The SMILES string of the molecule is CC/C=C/C/C=C/C/C=C/CCCCCCCCC(=O)OC(CCCCC/C=C\CCCC)CC(=O)NC(CO)C(O)CCCCCCCCCCCCCC. The Morgan fingerprint density at radius 3 is 1.55 bits per heavy atom. The van der Waals surface area contributed by atoms with E-state index >= 15 is 0 Å². The lowest BCUT2D eigenvalue weighted by molar-refractivity contribution is -0.151. The maximum absolute atomic E-state index is 13.1. The van der Waals surface area contributed by atoms with Crippen molar-refractivity contribution in [2.24, 2.45) is 0 Å². The Morgan fingerprint density at radius 1 is 0.536 bits per heavy atom. The minimum Gasteiger partial charge on any atom is -0.462 e. The van der Waals surface area contributed by atoms with Crippen molar-refractivity contribution < 1.29 is 24.5 Å². The summed E-state index contributed by atoms with van der Waals surface area (Å²) in [5.74, 6) is -0.506. The second kappa shape index (κ2) is 43.9. The van der Waals surface area contributed by atoms with Crippen LogP contribution in [0.3, 0.4) is 0 Å². The van der Waals surface area contributed by atoms with Crippen LogP contribution < -0.4 is 5.32 Å². The van der Waals surface area contributed by atoms with Crippen molar-refractivity contribution in [2.75, 3.05) is 6.61 Å². The zero-order valence-electron chi connectivity index (χ0n) is 37.0. The predicted molar refractivity (Wildman–Crippen MR) is 241 cm³/mol. The third-order valence-electron chi connectivity index (χ3n) is 10.6. The van der Waals surface area contributed by atoms with E-state index in [1.807, 2.05) is 0 Å². The van der Waals surface area contributed by atoms with Crippen molar-refractivity contribution >= 4 is 11.9 Å². The maximum atomic E-state index is 13.1. The molecule has 0 aliphatic heterocycles. The molecule has 6 nitrogen and oxygen atoms in total. The van der Waals surface area contributed by atoms with Crippen LogP contribution in [0.5, 0.6) is 0 Å². The molecule has 0 aliphatic carbocycles. The normalized spacial score (nSPS) is 13.7. The molecule has 3 unspecified atom stereocenters. The molecule has 0 saturated heterocycles. The molecule has 326 valence electrons. The van der Waals surface area contributed by atoms with Gasteiger partial charge in [0.25, 0.3) is 0 Å². The zero-order valence-corrected chi connectivity index (χ0v) is 37.0. The lowest BCUT2D eigenvalue weighted by Gasteiger charge is -2.24. The van der Waals surface area contributed by atoms with E-state index in [9.17, 15) is 19.8 Å². The van der Waals surface area contributed by atoms with Crippen molar-refractivity contribution in [2.45, 2.75) is 251 Å². The highest BCUT2D eigenvalue weighted by Gasteiger charge is 2.24. The number of hydrogen-bond acceptors (Lipinski definition) is 5. The fourth-order valence-corrected chi connectivity index (χ4v) is 7.01. The number of esters is 1. The number of carbonyl (C=O) groups excluding carboxylic acids is 2. The van der Waals surface area contributed by atoms with E-state index in [2.05, 4.69) is 74.7 Å². The highest BCUT2D eigenvalue weighted by molar-refractivity contribution is 5.77. The molecule has 3 atom stereocenters. The third-order valence-corrected chi connectivity index (χ3v) is 10.6. The second-order valence-corrected chi connectivity index (χ2v) is 16.1. The van der Waals surface area contributed by atoms with Gasteiger partial charge in [-0.2, -0.15) is 0 Å². The first-order valence-electron chi connectivity index (χ1n) is 23.9. The summed E-state index contributed by atoms with van der Waals surface area (Å²) in [6.07, 6.45) is 51.7. The van der Waals surface area contributed by atoms with Gasteiger partial charge in [0.15, 0.2) is 0 Å². The van der Waals surface area contributed by atoms with Crippen LogP contribution in [0.15, 0.2) is 48.6 Å². The van der Waals surface area contributed by atoms with E-state index in [4.69, 9.17) is 4.74 Å². The largest absolute Gasteiger partial charge is 0.462 e. The average molecular weight is 786 g/mol. The number of allylic oxidation sites excluding steroid dienone is 8. The molecule has 0 fully saturated rings. The monoisotopic (exact) mass is 786 g/mol. The molecule has 6 heteroatoms. The summed E-state index contributed by atoms with van der Waals surface area (Å²) >= 11 is 0. The summed E-state index contributed by atoms with van der Waals surface area (Å²) in [4.78, 5) is 26.0. The van der Waals surface area contributed by atoms with Crippen LogP contribution in [-0.2, 0) is 14.3 Å². The number of aliphatic hydroxyl groups excluding tert-OH is 2. The number of unbranched alkanes of at least 4 members (excludes halogenated alkanes) is 22. The maximum Gasteiger partial charge on any atom is 0.306 e. The molecule has 0 aromatic carbocycles. The summed E-state index contributed by atoms with van der Waals surface area (Å²) in [5, 5.41) is 23.6. The van der Waals surface area contributed by atoms with E-state index in [0.717, 1.165) is 96.3 Å². The number of carbonyl (C=O) groups is 2. The summed E-state index contributed by atoms with van der Waals surface area (Å²) in [5.41, 5.74) is 0. The molecule has 56 heavy (non-hydrogen) atoms. The molecular weight excluding hydrogens is 695 g/mol. The van der Waals surface area contributed by atoms with Crippen LogP contribution >= 0.6 is 0 Å². The van der Waals surface area contributed by atoms with Gasteiger partial charge in [0.2, 0.25) is 5.91 Å². The van der Waals surface area contributed by atoms with Crippen molar-refractivity contribution in [1.82, 2.24) is 5.32 Å². The number of aliphatic hydroxyl groups is 2. The van der Waals surface area contributed by atoms with Gasteiger partial charge in [0.1, 0.15) is 6.10 Å². The smallest absolute Gasteiger partial charge is 0.306 e. The Bertz CT molecular complexity index is 972. The van der Waals surface area contributed by atoms with E-state index in [1.54, 1.807) is 0 Å². The van der Waals surface area contributed by atoms with Gasteiger partial charge in [-0.15, -0.1) is 0 Å². The first-order chi connectivity index (χ1) is 27.5. The molecule has 0 spiro atoms. The first-order valence-corrected chi connectivity index (χ1v) is 23.9. The molecular formula is C50H91NO5. The van der Waals surface area contributed by atoms with E-state index in [1.165, 1.54) is 89.9 Å². The van der Waals surface area contributed by atoms with Gasteiger partial charge in [-0.3, -0.25) is 9.59 Å². The van der Waals surface area contributed by atoms with Crippen molar-refractivity contribution in [3.63, 3.8) is 0 Å². The second-order valence-electron chi connectivity index (χ2n) is 16.1. The van der Waals surface area contributed by atoms with Crippen molar-refractivity contribution in [3.8, 4) is 0 Å². The highest BCUT2D eigenvalue weighted by atomic mass is 16.5. The highest BCUT2D eigenvalue weighted by Crippen LogP contribution is 2.17. The fourth-order valence-electron chi connectivity index (χ4n) is 7.01. The molecule has 0 radical (unpaired) electrons. The molecule has 0 aliphatic rings. The van der Waals surface area contributed by atoms with E-state index < -0.39 is 18.2 Å². The van der Waals surface area contributed by atoms with Crippen molar-refractivity contribution in [3.05, 3.63) is 48.6 Å². The van der Waals surface area contributed by atoms with Crippen molar-refractivity contribution in [1.29, 1.82) is 0 Å². The molecule has 0 aromatic rings. The molecule has 0 saturated carbocycles. The van der Waals surface area contributed by atoms with Crippen LogP contribution in [0, 0.1) is 0 Å². The summed E-state index contributed by atoms with van der Waals surface area (Å²) < 4.78 is 5.89. The Labute approximate surface area is 346 Å². The topological polar surface area (TPSA) is 95.9 Å². The van der Waals surface area contributed by atoms with Gasteiger partial charge < -0.3 is 20.3 Å². The molecule has 0 heterocycles. The van der Waals surface area contributed by atoms with Gasteiger partial charge in [0, 0.05) is 6.42 Å². The number of hydrogen-bond donors (Lipinski definition) is 3. The zero-order chi connectivity index (χ0) is 41.0. The third kappa shape index (κ3) is 38.7. The van der Waals surface area contributed by atoms with Crippen LogP contribution in [0.2, 0.25) is 0 Å². The molecule has 0 aromatic heterocycles. The summed E-state index contributed by atoms with van der Waals surface area (Å²) in [6.45, 7) is 6.31. The van der Waals surface area contributed by atoms with Gasteiger partial charge in [-0.25, -0.2) is 0 Å². The minimum absolute atomic E-state index is 0.0610. The van der Waals surface area contributed by atoms with E-state index in [-0.39, 0.29) is 24.9 Å². The Hall–Kier alpha value is -2.18. The summed E-state index contributed by atoms with van der Waals surface area (Å²) in [6, 6.07) is -0.706. The molecule has 0 bridgehead atoms. The fraction of sp³-hybridized carbons (Fsp3) is 0.800. The molecule has 3 N–H and O–H groups in total. The van der Waals surface area contributed by atoms with Gasteiger partial charge >= 0.3 is 5.97 Å². The number of nitrogens with one attached hydrogen (secondary N) is 1. The predicted octanol–water partition coefficient (Wildman–Crippen LogP) is 13.9. The van der Waals surface area contributed by atoms with Crippen LogP contribution in [-0.4, -0.2) is 46.9 Å². The number of rotatable bonds is 42. The number of amides is 1. The lowest BCUT2D eigenvalue weighted by Crippen LogP contribution is -2.46. The summed E-state index contributed by atoms with van der Waals surface area (Å²) in [7, 11) is 0. The van der Waals surface area contributed by atoms with Crippen LogP contribution in [0.1, 0.15) is 233 Å². The average Bonchev–Trinajstić information content (AvgIpc) is 3.19. The lowest BCUT2D eigenvalue weighted by atomic mass is 10.0.